The van der Waals surface area contributed by atoms with Crippen LogP contribution in [-0.2, 0) is 11.2 Å². The molecule has 0 unspecified atom stereocenters. The summed E-state index contributed by atoms with van der Waals surface area (Å²) in [6.07, 6.45) is 0.999. The van der Waals surface area contributed by atoms with E-state index in [-0.39, 0.29) is 17.9 Å². The van der Waals surface area contributed by atoms with Gasteiger partial charge in [0.1, 0.15) is 0 Å². The van der Waals surface area contributed by atoms with Gasteiger partial charge in [-0.3, -0.25) is 9.59 Å². The van der Waals surface area contributed by atoms with Crippen molar-refractivity contribution in [1.29, 1.82) is 0 Å². The fourth-order valence-corrected chi connectivity index (χ4v) is 2.50. The number of carbonyl (C=O) groups is 2. The molecule has 2 N–H and O–H groups in total. The monoisotopic (exact) mass is 358 g/mol. The number of hydrogen-bond donors (Lipinski definition) is 2. The van der Waals surface area contributed by atoms with Crippen LogP contribution in [0.5, 0.6) is 0 Å². The van der Waals surface area contributed by atoms with Gasteiger partial charge in [-0.05, 0) is 51.0 Å². The van der Waals surface area contributed by atoms with E-state index < -0.39 is 0 Å². The van der Waals surface area contributed by atoms with E-state index in [0.29, 0.717) is 29.1 Å². The van der Waals surface area contributed by atoms with Crippen LogP contribution >= 0.6 is 11.6 Å². The van der Waals surface area contributed by atoms with Crippen LogP contribution in [0.1, 0.15) is 41.8 Å². The van der Waals surface area contributed by atoms with Crippen molar-refractivity contribution in [2.75, 3.05) is 5.32 Å². The average Bonchev–Trinajstić information content (AvgIpc) is 2.55. The molecule has 4 nitrogen and oxygen atoms in total. The molecule has 2 aromatic rings. The van der Waals surface area contributed by atoms with Gasteiger partial charge in [-0.15, -0.1) is 0 Å². The first-order valence-corrected chi connectivity index (χ1v) is 8.69. The quantitative estimate of drug-likeness (QED) is 0.806. The van der Waals surface area contributed by atoms with E-state index in [4.69, 9.17) is 11.6 Å². The van der Waals surface area contributed by atoms with Crippen molar-refractivity contribution in [1.82, 2.24) is 5.32 Å². The second-order valence-electron chi connectivity index (χ2n) is 6.36. The van der Waals surface area contributed by atoms with Crippen molar-refractivity contribution < 1.29 is 9.59 Å². The Kier molecular flexibility index (Phi) is 6.59. The minimum absolute atomic E-state index is 0.0377. The standard InChI is InChI=1S/C20H23ClN2O2/c1-13(2)22-20(25)16-9-10-17(21)18(12-16)23-19(24)11-8-15-6-4-14(3)5-7-15/h4-7,9-10,12-13H,8,11H2,1-3H3,(H,22,25)(H,23,24). The zero-order valence-electron chi connectivity index (χ0n) is 14.7. The van der Waals surface area contributed by atoms with Gasteiger partial charge in [0.25, 0.3) is 5.91 Å². The number of halogens is 1. The van der Waals surface area contributed by atoms with Crippen molar-refractivity contribution in [2.24, 2.45) is 0 Å². The number of amides is 2. The van der Waals surface area contributed by atoms with Crippen molar-refractivity contribution >= 4 is 29.1 Å². The van der Waals surface area contributed by atoms with Crippen molar-refractivity contribution in [3.05, 3.63) is 64.2 Å². The molecule has 0 bridgehead atoms. The summed E-state index contributed by atoms with van der Waals surface area (Å²) in [7, 11) is 0. The highest BCUT2D eigenvalue weighted by Gasteiger charge is 2.12. The minimum Gasteiger partial charge on any atom is -0.350 e. The highest BCUT2D eigenvalue weighted by atomic mass is 35.5. The number of anilines is 1. The second kappa shape index (κ2) is 8.67. The Morgan fingerprint density at radius 2 is 1.76 bits per heavy atom. The Labute approximate surface area is 153 Å². The third-order valence-electron chi connectivity index (χ3n) is 3.68. The molecule has 0 fully saturated rings. The lowest BCUT2D eigenvalue weighted by Crippen LogP contribution is -2.30. The topological polar surface area (TPSA) is 58.2 Å². The van der Waals surface area contributed by atoms with Crippen LogP contribution in [0.3, 0.4) is 0 Å². The first-order chi connectivity index (χ1) is 11.8. The smallest absolute Gasteiger partial charge is 0.251 e. The largest absolute Gasteiger partial charge is 0.350 e. The number of benzene rings is 2. The highest BCUT2D eigenvalue weighted by molar-refractivity contribution is 6.33. The van der Waals surface area contributed by atoms with E-state index in [0.717, 1.165) is 5.56 Å². The predicted molar refractivity (Wildman–Crippen MR) is 102 cm³/mol. The Bertz CT molecular complexity index is 755. The molecule has 0 saturated heterocycles. The molecule has 0 aliphatic heterocycles. The van der Waals surface area contributed by atoms with E-state index in [1.165, 1.54) is 5.56 Å². The maximum Gasteiger partial charge on any atom is 0.251 e. The van der Waals surface area contributed by atoms with Crippen LogP contribution in [0, 0.1) is 6.92 Å². The molecular weight excluding hydrogens is 336 g/mol. The maximum absolute atomic E-state index is 12.2. The summed E-state index contributed by atoms with van der Waals surface area (Å²) < 4.78 is 0. The first-order valence-electron chi connectivity index (χ1n) is 8.31. The molecule has 0 spiro atoms. The summed E-state index contributed by atoms with van der Waals surface area (Å²) in [5, 5.41) is 6.01. The summed E-state index contributed by atoms with van der Waals surface area (Å²) in [6, 6.07) is 13.0. The fraction of sp³-hybridized carbons (Fsp3) is 0.300. The van der Waals surface area contributed by atoms with Gasteiger partial charge >= 0.3 is 0 Å². The SMILES string of the molecule is Cc1ccc(CCC(=O)Nc2cc(C(=O)NC(C)C)ccc2Cl)cc1. The molecule has 0 heterocycles. The van der Waals surface area contributed by atoms with Crippen LogP contribution < -0.4 is 10.6 Å². The lowest BCUT2D eigenvalue weighted by Gasteiger charge is -2.11. The number of carbonyl (C=O) groups excluding carboxylic acids is 2. The number of rotatable bonds is 6. The molecule has 0 atom stereocenters. The third-order valence-corrected chi connectivity index (χ3v) is 4.01. The van der Waals surface area contributed by atoms with Gasteiger partial charge in [0.2, 0.25) is 5.91 Å². The molecule has 0 aliphatic rings. The molecule has 0 radical (unpaired) electrons. The molecular formula is C20H23ClN2O2. The molecule has 0 saturated carbocycles. The van der Waals surface area contributed by atoms with Crippen molar-refractivity contribution in [3.8, 4) is 0 Å². The first kappa shape index (κ1) is 19.0. The van der Waals surface area contributed by atoms with E-state index in [1.807, 2.05) is 45.0 Å². The van der Waals surface area contributed by atoms with Gasteiger partial charge in [-0.2, -0.15) is 0 Å². The molecule has 2 aromatic carbocycles. The Morgan fingerprint density at radius 1 is 1.08 bits per heavy atom. The van der Waals surface area contributed by atoms with E-state index >= 15 is 0 Å². The van der Waals surface area contributed by atoms with E-state index in [1.54, 1.807) is 18.2 Å². The van der Waals surface area contributed by atoms with Crippen LogP contribution in [0.4, 0.5) is 5.69 Å². The van der Waals surface area contributed by atoms with Gasteiger partial charge < -0.3 is 10.6 Å². The molecule has 2 amide bonds. The lowest BCUT2D eigenvalue weighted by atomic mass is 10.1. The number of aryl methyl sites for hydroxylation is 2. The Morgan fingerprint density at radius 3 is 2.40 bits per heavy atom. The summed E-state index contributed by atoms with van der Waals surface area (Å²) in [5.74, 6) is -0.328. The third kappa shape index (κ3) is 5.91. The van der Waals surface area contributed by atoms with Gasteiger partial charge in [-0.25, -0.2) is 0 Å². The van der Waals surface area contributed by atoms with Crippen LogP contribution in [0.2, 0.25) is 5.02 Å². The van der Waals surface area contributed by atoms with Crippen LogP contribution in [0.25, 0.3) is 0 Å². The average molecular weight is 359 g/mol. The molecule has 2 rings (SSSR count). The maximum atomic E-state index is 12.2. The molecule has 5 heteroatoms. The minimum atomic E-state index is -0.193. The summed E-state index contributed by atoms with van der Waals surface area (Å²) in [6.45, 7) is 5.81. The zero-order valence-corrected chi connectivity index (χ0v) is 15.5. The fourth-order valence-electron chi connectivity index (χ4n) is 2.33. The highest BCUT2D eigenvalue weighted by Crippen LogP contribution is 2.23. The van der Waals surface area contributed by atoms with Gasteiger partial charge in [0.05, 0.1) is 10.7 Å². The normalized spacial score (nSPS) is 10.6. The van der Waals surface area contributed by atoms with Gasteiger partial charge in [0, 0.05) is 18.0 Å². The second-order valence-corrected chi connectivity index (χ2v) is 6.76. The molecule has 132 valence electrons. The van der Waals surface area contributed by atoms with Crippen molar-refractivity contribution in [3.63, 3.8) is 0 Å². The van der Waals surface area contributed by atoms with E-state index in [9.17, 15) is 9.59 Å². The van der Waals surface area contributed by atoms with E-state index in [2.05, 4.69) is 10.6 Å². The summed E-state index contributed by atoms with van der Waals surface area (Å²) in [4.78, 5) is 24.3. The Balaban J connectivity index is 1.99. The summed E-state index contributed by atoms with van der Waals surface area (Å²) >= 11 is 6.14. The van der Waals surface area contributed by atoms with Gasteiger partial charge in [-0.1, -0.05) is 41.4 Å². The number of nitrogens with one attached hydrogen (secondary N) is 2. The molecule has 25 heavy (non-hydrogen) atoms. The zero-order chi connectivity index (χ0) is 18.4. The molecule has 0 aliphatic carbocycles. The molecule has 0 aromatic heterocycles. The summed E-state index contributed by atoms with van der Waals surface area (Å²) in [5.41, 5.74) is 3.22. The van der Waals surface area contributed by atoms with Crippen molar-refractivity contribution in [2.45, 2.75) is 39.7 Å². The lowest BCUT2D eigenvalue weighted by molar-refractivity contribution is -0.116. The predicted octanol–water partition coefficient (Wildman–Crippen LogP) is 4.36. The van der Waals surface area contributed by atoms with Crippen LogP contribution in [0.15, 0.2) is 42.5 Å². The van der Waals surface area contributed by atoms with Crippen LogP contribution in [-0.4, -0.2) is 17.9 Å². The Hall–Kier alpha value is -2.33. The number of hydrogen-bond acceptors (Lipinski definition) is 2. The van der Waals surface area contributed by atoms with Gasteiger partial charge in [0.15, 0.2) is 0 Å².